The molecule has 0 bridgehead atoms. The molecule has 1 unspecified atom stereocenters. The van der Waals surface area contributed by atoms with Crippen LogP contribution in [-0.4, -0.2) is 113 Å². The number of hydrogen-bond donors (Lipinski definition) is 1. The molecule has 0 aliphatic carbocycles. The first-order chi connectivity index (χ1) is 15.9. The number of nitrogens with one attached hydrogen (secondary N) is 1. The van der Waals surface area contributed by atoms with Gasteiger partial charge in [-0.15, -0.1) is 0 Å². The maximum absolute atomic E-state index is 13.0. The van der Waals surface area contributed by atoms with Gasteiger partial charge < -0.3 is 19.3 Å². The van der Waals surface area contributed by atoms with Crippen LogP contribution in [0.25, 0.3) is 0 Å². The average molecular weight is 481 g/mol. The Bertz CT molecular complexity index is 936. The molecule has 182 valence electrons. The largest absolute Gasteiger partial charge is 0.378 e. The molecule has 1 atom stereocenters. The molecule has 1 N–H and O–H groups in total. The van der Waals surface area contributed by atoms with Crippen LogP contribution >= 0.6 is 0 Å². The summed E-state index contributed by atoms with van der Waals surface area (Å²) in [6, 6.07) is 6.14. The smallest absolute Gasteiger partial charge is 0.253 e. The minimum Gasteiger partial charge on any atom is -0.378 e. The van der Waals surface area contributed by atoms with Crippen LogP contribution in [0.3, 0.4) is 0 Å². The van der Waals surface area contributed by atoms with E-state index >= 15 is 0 Å². The van der Waals surface area contributed by atoms with E-state index in [4.69, 9.17) is 9.47 Å². The third kappa shape index (κ3) is 6.30. The summed E-state index contributed by atoms with van der Waals surface area (Å²) in [5, 5.41) is 0. The van der Waals surface area contributed by atoms with Gasteiger partial charge >= 0.3 is 0 Å². The Kier molecular flexibility index (Phi) is 7.97. The van der Waals surface area contributed by atoms with Crippen molar-refractivity contribution in [3.05, 3.63) is 29.8 Å². The summed E-state index contributed by atoms with van der Waals surface area (Å²) in [5.41, 5.74) is 0.341. The van der Waals surface area contributed by atoms with E-state index in [0.29, 0.717) is 71.2 Å². The molecular weight excluding hydrogens is 448 g/mol. The van der Waals surface area contributed by atoms with Crippen molar-refractivity contribution in [3.63, 3.8) is 0 Å². The van der Waals surface area contributed by atoms with Gasteiger partial charge in [-0.2, -0.15) is 0 Å². The van der Waals surface area contributed by atoms with Crippen molar-refractivity contribution in [2.75, 3.05) is 72.2 Å². The molecule has 0 spiro atoms. The molecule has 0 saturated carbocycles. The lowest BCUT2D eigenvalue weighted by Gasteiger charge is -2.36. The highest BCUT2D eigenvalue weighted by Gasteiger charge is 2.27. The van der Waals surface area contributed by atoms with Crippen LogP contribution in [0.15, 0.2) is 29.2 Å². The molecule has 3 heterocycles. The van der Waals surface area contributed by atoms with Gasteiger partial charge in [0.1, 0.15) is 0 Å². The second-order valence-electron chi connectivity index (χ2n) is 8.58. The van der Waals surface area contributed by atoms with Gasteiger partial charge in [0, 0.05) is 58.0 Å². The van der Waals surface area contributed by atoms with Gasteiger partial charge in [-0.3, -0.25) is 14.5 Å². The SMILES string of the molecule is O=C(CN1CCN(C(=O)c2cccc(S(=O)(=O)NCC3CCCO3)c2)CC1)N1CCOCC1. The van der Waals surface area contributed by atoms with E-state index in [1.54, 1.807) is 17.0 Å². The highest BCUT2D eigenvalue weighted by atomic mass is 32.2. The molecular formula is C22H32N4O6S. The molecule has 1 aromatic rings. The van der Waals surface area contributed by atoms with E-state index < -0.39 is 10.0 Å². The zero-order valence-electron chi connectivity index (χ0n) is 18.8. The number of nitrogens with zero attached hydrogens (tertiary/aromatic N) is 3. The third-order valence-corrected chi connectivity index (χ3v) is 7.72. The molecule has 2 amide bonds. The second-order valence-corrected chi connectivity index (χ2v) is 10.3. The highest BCUT2D eigenvalue weighted by Crippen LogP contribution is 2.16. The number of piperazine rings is 1. The van der Waals surface area contributed by atoms with E-state index in [2.05, 4.69) is 9.62 Å². The number of morpholine rings is 1. The van der Waals surface area contributed by atoms with Crippen LogP contribution in [0.5, 0.6) is 0 Å². The van der Waals surface area contributed by atoms with Gasteiger partial charge in [-0.05, 0) is 31.0 Å². The normalized spacial score (nSPS) is 22.5. The number of benzene rings is 1. The number of sulfonamides is 1. The molecule has 0 aromatic heterocycles. The first-order valence-corrected chi connectivity index (χ1v) is 13.0. The van der Waals surface area contributed by atoms with Crippen LogP contribution in [0, 0.1) is 0 Å². The van der Waals surface area contributed by atoms with Crippen molar-refractivity contribution >= 4 is 21.8 Å². The average Bonchev–Trinajstić information content (AvgIpc) is 3.37. The van der Waals surface area contributed by atoms with Gasteiger partial charge in [0.15, 0.2) is 0 Å². The number of carbonyl (C=O) groups is 2. The number of rotatable bonds is 7. The van der Waals surface area contributed by atoms with Crippen LogP contribution < -0.4 is 4.72 Å². The van der Waals surface area contributed by atoms with Crippen molar-refractivity contribution in [3.8, 4) is 0 Å². The van der Waals surface area contributed by atoms with Crippen molar-refractivity contribution < 1.29 is 27.5 Å². The Morgan fingerprint density at radius 1 is 1.00 bits per heavy atom. The Balaban J connectivity index is 1.30. The van der Waals surface area contributed by atoms with Gasteiger partial charge in [-0.1, -0.05) is 6.07 Å². The Morgan fingerprint density at radius 3 is 2.45 bits per heavy atom. The van der Waals surface area contributed by atoms with Crippen molar-refractivity contribution in [1.82, 2.24) is 19.4 Å². The fraction of sp³-hybridized carbons (Fsp3) is 0.636. The molecule has 3 fully saturated rings. The molecule has 1 aromatic carbocycles. The van der Waals surface area contributed by atoms with Gasteiger partial charge in [0.25, 0.3) is 5.91 Å². The number of hydrogen-bond acceptors (Lipinski definition) is 7. The molecule has 33 heavy (non-hydrogen) atoms. The van der Waals surface area contributed by atoms with E-state index in [0.717, 1.165) is 12.8 Å². The lowest BCUT2D eigenvalue weighted by atomic mass is 10.2. The van der Waals surface area contributed by atoms with E-state index in [9.17, 15) is 18.0 Å². The second kappa shape index (κ2) is 10.9. The lowest BCUT2D eigenvalue weighted by molar-refractivity contribution is -0.136. The first kappa shape index (κ1) is 24.1. The molecule has 3 aliphatic rings. The summed E-state index contributed by atoms with van der Waals surface area (Å²) in [7, 11) is -3.73. The fourth-order valence-electron chi connectivity index (χ4n) is 4.28. The summed E-state index contributed by atoms with van der Waals surface area (Å²) in [6.07, 6.45) is 1.67. The predicted molar refractivity (Wildman–Crippen MR) is 120 cm³/mol. The van der Waals surface area contributed by atoms with Crippen molar-refractivity contribution in [1.29, 1.82) is 0 Å². The van der Waals surface area contributed by atoms with Crippen LogP contribution in [-0.2, 0) is 24.3 Å². The molecule has 3 saturated heterocycles. The van der Waals surface area contributed by atoms with Gasteiger partial charge in [-0.25, -0.2) is 13.1 Å². The zero-order valence-corrected chi connectivity index (χ0v) is 19.6. The van der Waals surface area contributed by atoms with E-state index in [-0.39, 0.29) is 29.4 Å². The number of ether oxygens (including phenoxy) is 2. The monoisotopic (exact) mass is 480 g/mol. The summed E-state index contributed by atoms with van der Waals surface area (Å²) in [6.45, 7) is 5.80. The topological polar surface area (TPSA) is 108 Å². The maximum Gasteiger partial charge on any atom is 0.253 e. The summed E-state index contributed by atoms with van der Waals surface area (Å²) < 4.78 is 38.7. The number of amides is 2. The predicted octanol–water partition coefficient (Wildman–Crippen LogP) is -0.239. The number of carbonyl (C=O) groups excluding carboxylic acids is 2. The Hall–Kier alpha value is -2.05. The standard InChI is InChI=1S/C22H32N4O6S/c27-21(25-10-13-31-14-11-25)17-24-6-8-26(9-7-24)22(28)18-3-1-5-20(15-18)33(29,30)23-16-19-4-2-12-32-19/h1,3,5,15,19,23H,2,4,6-14,16-17H2. The minimum absolute atomic E-state index is 0.0705. The van der Waals surface area contributed by atoms with Crippen molar-refractivity contribution in [2.24, 2.45) is 0 Å². The zero-order chi connectivity index (χ0) is 23.3. The minimum atomic E-state index is -3.73. The fourth-order valence-corrected chi connectivity index (χ4v) is 5.40. The maximum atomic E-state index is 13.0. The molecule has 3 aliphatic heterocycles. The highest BCUT2D eigenvalue weighted by molar-refractivity contribution is 7.89. The summed E-state index contributed by atoms with van der Waals surface area (Å²) in [4.78, 5) is 31.1. The van der Waals surface area contributed by atoms with Crippen LogP contribution in [0.4, 0.5) is 0 Å². The van der Waals surface area contributed by atoms with E-state index in [1.807, 2.05) is 4.90 Å². The Labute approximate surface area is 194 Å². The van der Waals surface area contributed by atoms with E-state index in [1.165, 1.54) is 12.1 Å². The first-order valence-electron chi connectivity index (χ1n) is 11.5. The van der Waals surface area contributed by atoms with Crippen LogP contribution in [0.1, 0.15) is 23.2 Å². The quantitative estimate of drug-likeness (QED) is 0.574. The summed E-state index contributed by atoms with van der Waals surface area (Å²) >= 11 is 0. The summed E-state index contributed by atoms with van der Waals surface area (Å²) in [5.74, 6) is -0.114. The molecule has 0 radical (unpaired) electrons. The molecule has 10 nitrogen and oxygen atoms in total. The lowest BCUT2D eigenvalue weighted by Crippen LogP contribution is -2.52. The van der Waals surface area contributed by atoms with Crippen molar-refractivity contribution in [2.45, 2.75) is 23.8 Å². The van der Waals surface area contributed by atoms with Gasteiger partial charge in [0.2, 0.25) is 15.9 Å². The third-order valence-electron chi connectivity index (χ3n) is 6.30. The van der Waals surface area contributed by atoms with Gasteiger partial charge in [0.05, 0.1) is 30.8 Å². The van der Waals surface area contributed by atoms with Crippen LogP contribution in [0.2, 0.25) is 0 Å². The molecule has 11 heteroatoms. The Morgan fingerprint density at radius 2 is 1.76 bits per heavy atom. The molecule has 4 rings (SSSR count).